The third-order valence-corrected chi connectivity index (χ3v) is 5.26. The molecule has 5 nitrogen and oxygen atoms in total. The molecule has 0 saturated heterocycles. The van der Waals surface area contributed by atoms with E-state index >= 15 is 0 Å². The predicted molar refractivity (Wildman–Crippen MR) is 114 cm³/mol. The molecule has 2 heterocycles. The molecule has 0 radical (unpaired) electrons. The van der Waals surface area contributed by atoms with Crippen LogP contribution in [0.1, 0.15) is 21.6 Å². The van der Waals surface area contributed by atoms with Crippen LogP contribution in [0, 0.1) is 5.82 Å². The van der Waals surface area contributed by atoms with Crippen molar-refractivity contribution in [3.05, 3.63) is 101 Å². The van der Waals surface area contributed by atoms with Crippen LogP contribution >= 0.6 is 11.3 Å². The lowest BCUT2D eigenvalue weighted by atomic mass is 10.2. The van der Waals surface area contributed by atoms with Crippen LogP contribution in [-0.4, -0.2) is 15.9 Å². The van der Waals surface area contributed by atoms with Gasteiger partial charge in [0.15, 0.2) is 0 Å². The van der Waals surface area contributed by atoms with Gasteiger partial charge >= 0.3 is 0 Å². The number of rotatable bonds is 7. The summed E-state index contributed by atoms with van der Waals surface area (Å²) in [5, 5.41) is 5.29. The van der Waals surface area contributed by atoms with Crippen molar-refractivity contribution in [3.63, 3.8) is 0 Å². The van der Waals surface area contributed by atoms with Crippen LogP contribution in [0.4, 0.5) is 4.39 Å². The van der Waals surface area contributed by atoms with Gasteiger partial charge in [-0.05, 0) is 35.9 Å². The number of nitrogens with zero attached hydrogens (tertiary/aromatic N) is 2. The van der Waals surface area contributed by atoms with Gasteiger partial charge in [-0.3, -0.25) is 9.78 Å². The monoisotopic (exact) mass is 419 g/mol. The van der Waals surface area contributed by atoms with Gasteiger partial charge in [-0.25, -0.2) is 9.37 Å². The van der Waals surface area contributed by atoms with E-state index < -0.39 is 0 Å². The first-order valence-corrected chi connectivity index (χ1v) is 10.2. The number of halogens is 1. The molecular formula is C23H18FN3O2S. The van der Waals surface area contributed by atoms with Gasteiger partial charge in [0.2, 0.25) is 0 Å². The van der Waals surface area contributed by atoms with Crippen LogP contribution < -0.4 is 10.1 Å². The van der Waals surface area contributed by atoms with Gasteiger partial charge in [0.05, 0.1) is 0 Å². The van der Waals surface area contributed by atoms with Gasteiger partial charge in [-0.2, -0.15) is 0 Å². The summed E-state index contributed by atoms with van der Waals surface area (Å²) in [6.07, 6.45) is 3.37. The Bertz CT molecular complexity index is 1150. The van der Waals surface area contributed by atoms with E-state index in [1.54, 1.807) is 42.0 Å². The zero-order valence-corrected chi connectivity index (χ0v) is 16.7. The number of benzene rings is 2. The lowest BCUT2D eigenvalue weighted by molar-refractivity contribution is 0.0946. The van der Waals surface area contributed by atoms with E-state index in [1.807, 2.05) is 30.3 Å². The van der Waals surface area contributed by atoms with E-state index in [-0.39, 0.29) is 18.3 Å². The fraction of sp³-hybridized carbons (Fsp3) is 0.0870. The van der Waals surface area contributed by atoms with Crippen LogP contribution in [0.2, 0.25) is 0 Å². The molecule has 2 aromatic carbocycles. The van der Waals surface area contributed by atoms with E-state index in [9.17, 15) is 9.18 Å². The molecule has 0 spiro atoms. The first-order valence-electron chi connectivity index (χ1n) is 9.28. The maximum absolute atomic E-state index is 13.8. The number of nitrogens with one attached hydrogen (secondary N) is 1. The van der Waals surface area contributed by atoms with E-state index in [4.69, 9.17) is 4.74 Å². The number of pyridine rings is 1. The third-order valence-electron chi connectivity index (χ3n) is 4.37. The maximum Gasteiger partial charge on any atom is 0.271 e. The highest BCUT2D eigenvalue weighted by atomic mass is 32.1. The number of hydrogen-bond acceptors (Lipinski definition) is 5. The highest BCUT2D eigenvalue weighted by molar-refractivity contribution is 7.13. The summed E-state index contributed by atoms with van der Waals surface area (Å²) < 4.78 is 19.5. The van der Waals surface area contributed by atoms with Gasteiger partial charge in [0.1, 0.15) is 28.9 Å². The summed E-state index contributed by atoms with van der Waals surface area (Å²) in [5.74, 6) is 0.0758. The van der Waals surface area contributed by atoms with Gasteiger partial charge in [-0.15, -0.1) is 11.3 Å². The topological polar surface area (TPSA) is 64.1 Å². The first-order chi connectivity index (χ1) is 14.7. The molecule has 150 valence electrons. The molecule has 7 heteroatoms. The second-order valence-electron chi connectivity index (χ2n) is 6.48. The van der Waals surface area contributed by atoms with Crippen molar-refractivity contribution in [2.75, 3.05) is 0 Å². The molecule has 4 aromatic rings. The van der Waals surface area contributed by atoms with Crippen molar-refractivity contribution in [2.24, 2.45) is 0 Å². The Labute approximate surface area is 177 Å². The Morgan fingerprint density at radius 3 is 2.73 bits per heavy atom. The smallest absolute Gasteiger partial charge is 0.271 e. The van der Waals surface area contributed by atoms with Crippen LogP contribution in [0.3, 0.4) is 0 Å². The standard InChI is InChI=1S/C23H18FN3O2S/c24-20-7-2-1-4-18(20)14-29-19-6-3-5-17(12-19)23-27-21(15-30-23)22(28)26-13-16-8-10-25-11-9-16/h1-12,15H,13-14H2,(H,26,28). The van der Waals surface area contributed by atoms with E-state index in [2.05, 4.69) is 15.3 Å². The second-order valence-corrected chi connectivity index (χ2v) is 7.34. The van der Waals surface area contributed by atoms with Crippen LogP contribution in [0.25, 0.3) is 10.6 Å². The van der Waals surface area contributed by atoms with Crippen LogP contribution in [0.15, 0.2) is 78.4 Å². The fourth-order valence-corrected chi connectivity index (χ4v) is 3.58. The average Bonchev–Trinajstić information content (AvgIpc) is 3.28. The normalized spacial score (nSPS) is 10.6. The van der Waals surface area contributed by atoms with Crippen molar-refractivity contribution >= 4 is 17.2 Å². The average molecular weight is 419 g/mol. The Morgan fingerprint density at radius 1 is 1.07 bits per heavy atom. The highest BCUT2D eigenvalue weighted by Crippen LogP contribution is 2.27. The summed E-state index contributed by atoms with van der Waals surface area (Å²) in [7, 11) is 0. The van der Waals surface area contributed by atoms with Crippen molar-refractivity contribution in [3.8, 4) is 16.3 Å². The molecular weight excluding hydrogens is 401 g/mol. The Morgan fingerprint density at radius 2 is 1.90 bits per heavy atom. The molecule has 0 aliphatic rings. The number of thiazole rings is 1. The Balaban J connectivity index is 1.41. The number of ether oxygens (including phenoxy) is 1. The zero-order chi connectivity index (χ0) is 20.8. The second kappa shape index (κ2) is 9.28. The number of amides is 1. The minimum Gasteiger partial charge on any atom is -0.489 e. The molecule has 0 aliphatic heterocycles. The molecule has 0 aliphatic carbocycles. The summed E-state index contributed by atoms with van der Waals surface area (Å²) in [6.45, 7) is 0.546. The largest absolute Gasteiger partial charge is 0.489 e. The summed E-state index contributed by atoms with van der Waals surface area (Å²) >= 11 is 1.38. The number of carbonyl (C=O) groups excluding carboxylic acids is 1. The first kappa shape index (κ1) is 19.7. The minimum atomic E-state index is -0.295. The van der Waals surface area contributed by atoms with Gasteiger partial charge < -0.3 is 10.1 Å². The van der Waals surface area contributed by atoms with Crippen LogP contribution in [-0.2, 0) is 13.2 Å². The highest BCUT2D eigenvalue weighted by Gasteiger charge is 2.12. The summed E-state index contributed by atoms with van der Waals surface area (Å²) in [6, 6.07) is 17.6. The molecule has 0 fully saturated rings. The minimum absolute atomic E-state index is 0.136. The molecule has 1 N–H and O–H groups in total. The van der Waals surface area contributed by atoms with Gasteiger partial charge in [0.25, 0.3) is 5.91 Å². The van der Waals surface area contributed by atoms with Crippen molar-refractivity contribution in [1.29, 1.82) is 0 Å². The van der Waals surface area contributed by atoms with Crippen molar-refractivity contribution < 1.29 is 13.9 Å². The SMILES string of the molecule is O=C(NCc1ccncc1)c1csc(-c2cccc(OCc3ccccc3F)c2)n1. The molecule has 1 amide bonds. The lowest BCUT2D eigenvalue weighted by Gasteiger charge is -2.08. The summed E-state index contributed by atoms with van der Waals surface area (Å²) in [5.41, 5.74) is 2.65. The van der Waals surface area contributed by atoms with Crippen molar-refractivity contribution in [2.45, 2.75) is 13.2 Å². The number of hydrogen-bond donors (Lipinski definition) is 1. The molecule has 0 unspecified atom stereocenters. The molecule has 30 heavy (non-hydrogen) atoms. The van der Waals surface area contributed by atoms with Gasteiger partial charge in [0, 0.05) is 35.4 Å². The van der Waals surface area contributed by atoms with E-state index in [0.29, 0.717) is 28.6 Å². The van der Waals surface area contributed by atoms with Gasteiger partial charge in [-0.1, -0.05) is 30.3 Å². The molecule has 0 bridgehead atoms. The lowest BCUT2D eigenvalue weighted by Crippen LogP contribution is -2.23. The molecule has 2 aromatic heterocycles. The van der Waals surface area contributed by atoms with Crippen LogP contribution in [0.5, 0.6) is 5.75 Å². The fourth-order valence-electron chi connectivity index (χ4n) is 2.78. The maximum atomic E-state index is 13.8. The molecule has 0 saturated carbocycles. The van der Waals surface area contributed by atoms with Crippen molar-refractivity contribution in [1.82, 2.24) is 15.3 Å². The zero-order valence-electron chi connectivity index (χ0n) is 15.9. The van der Waals surface area contributed by atoms with E-state index in [0.717, 1.165) is 11.1 Å². The number of carbonyl (C=O) groups is 1. The Kier molecular flexibility index (Phi) is 6.10. The Hall–Kier alpha value is -3.58. The molecule has 0 atom stereocenters. The predicted octanol–water partition coefficient (Wildman–Crippen LogP) is 4.85. The quantitative estimate of drug-likeness (QED) is 0.465. The number of aromatic nitrogens is 2. The molecule has 4 rings (SSSR count). The summed E-state index contributed by atoms with van der Waals surface area (Å²) in [4.78, 5) is 20.8. The third kappa shape index (κ3) is 4.87. The van der Waals surface area contributed by atoms with E-state index in [1.165, 1.54) is 17.4 Å².